The molecule has 7 nitrogen and oxygen atoms in total. The fourth-order valence-corrected chi connectivity index (χ4v) is 4.94. The van der Waals surface area contributed by atoms with Gasteiger partial charge < -0.3 is 13.9 Å². The first-order chi connectivity index (χ1) is 19.0. The van der Waals surface area contributed by atoms with Crippen molar-refractivity contribution in [2.75, 3.05) is 11.5 Å². The van der Waals surface area contributed by atoms with E-state index >= 15 is 0 Å². The predicted octanol–water partition coefficient (Wildman–Crippen LogP) is 6.22. The Bertz CT molecular complexity index is 1750. The lowest BCUT2D eigenvalue weighted by molar-refractivity contribution is 0.0970. The molecule has 6 rings (SSSR count). The van der Waals surface area contributed by atoms with Gasteiger partial charge in [-0.2, -0.15) is 0 Å². The summed E-state index contributed by atoms with van der Waals surface area (Å²) < 4.78 is 18.1. The Labute approximate surface area is 225 Å². The summed E-state index contributed by atoms with van der Waals surface area (Å²) in [4.78, 5) is 33.6. The largest absolute Gasteiger partial charge is 0.490 e. The quantitative estimate of drug-likeness (QED) is 0.254. The van der Waals surface area contributed by atoms with E-state index in [1.807, 2.05) is 74.5 Å². The van der Waals surface area contributed by atoms with Gasteiger partial charge in [0.05, 0.1) is 23.6 Å². The molecule has 0 saturated heterocycles. The molecule has 2 aromatic heterocycles. The van der Waals surface area contributed by atoms with E-state index in [0.29, 0.717) is 47.1 Å². The molecule has 0 radical (unpaired) electrons. The van der Waals surface area contributed by atoms with Crippen LogP contribution in [0.2, 0.25) is 0 Å². The third-order valence-electron chi connectivity index (χ3n) is 6.75. The smallest absolute Gasteiger partial charge is 0.296 e. The van der Waals surface area contributed by atoms with Gasteiger partial charge in [0.25, 0.3) is 5.91 Å². The van der Waals surface area contributed by atoms with Crippen molar-refractivity contribution in [1.82, 2.24) is 4.98 Å². The number of benzene rings is 3. The topological polar surface area (TPSA) is 81.9 Å². The van der Waals surface area contributed by atoms with Crippen LogP contribution in [-0.2, 0) is 6.61 Å². The fraction of sp³-hybridized carbons (Fsp3) is 0.156. The molecule has 1 aliphatic heterocycles. The van der Waals surface area contributed by atoms with E-state index in [1.54, 1.807) is 30.5 Å². The van der Waals surface area contributed by atoms with Crippen LogP contribution in [0.15, 0.2) is 100 Å². The minimum Gasteiger partial charge on any atom is -0.490 e. The average molecular weight is 519 g/mol. The molecule has 5 aromatic rings. The van der Waals surface area contributed by atoms with E-state index in [2.05, 4.69) is 4.98 Å². The molecule has 39 heavy (non-hydrogen) atoms. The van der Waals surface area contributed by atoms with Crippen LogP contribution < -0.4 is 19.8 Å². The van der Waals surface area contributed by atoms with Crippen molar-refractivity contribution < 1.29 is 18.7 Å². The van der Waals surface area contributed by atoms with Crippen LogP contribution in [0.5, 0.6) is 11.5 Å². The van der Waals surface area contributed by atoms with Crippen molar-refractivity contribution in [2.45, 2.75) is 26.5 Å². The number of amides is 1. The maximum absolute atomic E-state index is 13.8. The maximum Gasteiger partial charge on any atom is 0.296 e. The van der Waals surface area contributed by atoms with Crippen LogP contribution in [-0.4, -0.2) is 17.5 Å². The fourth-order valence-electron chi connectivity index (χ4n) is 4.94. The molecule has 0 N–H and O–H groups in total. The summed E-state index contributed by atoms with van der Waals surface area (Å²) in [6, 6.07) is 25.2. The predicted molar refractivity (Wildman–Crippen MR) is 148 cm³/mol. The number of anilines is 1. The number of aryl methyl sites for hydroxylation is 1. The van der Waals surface area contributed by atoms with Crippen LogP contribution >= 0.6 is 0 Å². The summed E-state index contributed by atoms with van der Waals surface area (Å²) in [5, 5.41) is 0.418. The van der Waals surface area contributed by atoms with Crippen LogP contribution in [0.1, 0.15) is 45.8 Å². The van der Waals surface area contributed by atoms with Crippen LogP contribution in [0, 0.1) is 6.92 Å². The highest BCUT2D eigenvalue weighted by molar-refractivity contribution is 6.10. The lowest BCUT2D eigenvalue weighted by atomic mass is 9.98. The molecule has 0 bridgehead atoms. The number of pyridine rings is 1. The molecule has 0 fully saturated rings. The zero-order valence-electron chi connectivity index (χ0n) is 21.6. The lowest BCUT2D eigenvalue weighted by Gasteiger charge is -2.25. The zero-order valence-corrected chi connectivity index (χ0v) is 21.6. The minimum absolute atomic E-state index is 0.0226. The van der Waals surface area contributed by atoms with Crippen LogP contribution in [0.4, 0.5) is 5.82 Å². The SMILES string of the molecule is CCOc1cc(C2c3c(oc4ccccc4c3=O)C(=O)N2c2cc(C)ccn2)ccc1OCc1ccccc1. The van der Waals surface area contributed by atoms with E-state index in [9.17, 15) is 9.59 Å². The van der Waals surface area contributed by atoms with E-state index in [0.717, 1.165) is 11.1 Å². The Morgan fingerprint density at radius 2 is 1.69 bits per heavy atom. The first-order valence-corrected chi connectivity index (χ1v) is 12.8. The first-order valence-electron chi connectivity index (χ1n) is 12.8. The Kier molecular flexibility index (Phi) is 6.32. The number of fused-ring (bicyclic) bond motifs is 2. The average Bonchev–Trinajstić information content (AvgIpc) is 3.25. The molecule has 3 heterocycles. The molecule has 1 unspecified atom stereocenters. The normalized spacial score (nSPS) is 14.5. The first kappa shape index (κ1) is 24.4. The van der Waals surface area contributed by atoms with Crippen molar-refractivity contribution in [3.05, 3.63) is 129 Å². The molecule has 7 heteroatoms. The number of carbonyl (C=O) groups excluding carboxylic acids is 1. The summed E-state index contributed by atoms with van der Waals surface area (Å²) in [5.41, 5.74) is 3.05. The van der Waals surface area contributed by atoms with E-state index in [-0.39, 0.29) is 16.8 Å². The zero-order chi connectivity index (χ0) is 26.9. The Hall–Kier alpha value is -4.91. The van der Waals surface area contributed by atoms with Gasteiger partial charge in [0.15, 0.2) is 16.9 Å². The molecule has 1 amide bonds. The molecule has 194 valence electrons. The maximum atomic E-state index is 13.8. The van der Waals surface area contributed by atoms with E-state index < -0.39 is 11.9 Å². The van der Waals surface area contributed by atoms with Gasteiger partial charge in [-0.3, -0.25) is 14.5 Å². The van der Waals surface area contributed by atoms with Gasteiger partial charge in [0, 0.05) is 6.20 Å². The van der Waals surface area contributed by atoms with Crippen molar-refractivity contribution in [2.24, 2.45) is 0 Å². The molecule has 0 spiro atoms. The number of rotatable bonds is 7. The van der Waals surface area contributed by atoms with Gasteiger partial charge in [0.2, 0.25) is 5.76 Å². The lowest BCUT2D eigenvalue weighted by Crippen LogP contribution is -2.30. The van der Waals surface area contributed by atoms with Crippen molar-refractivity contribution in [1.29, 1.82) is 0 Å². The van der Waals surface area contributed by atoms with Crippen molar-refractivity contribution in [3.63, 3.8) is 0 Å². The van der Waals surface area contributed by atoms with Gasteiger partial charge in [0.1, 0.15) is 18.0 Å². The number of nitrogens with zero attached hydrogens (tertiary/aromatic N) is 2. The number of ether oxygens (including phenoxy) is 2. The van der Waals surface area contributed by atoms with Gasteiger partial charge in [-0.15, -0.1) is 0 Å². The summed E-state index contributed by atoms with van der Waals surface area (Å²) >= 11 is 0. The van der Waals surface area contributed by atoms with Gasteiger partial charge in [-0.25, -0.2) is 4.98 Å². The molecule has 3 aromatic carbocycles. The van der Waals surface area contributed by atoms with E-state index in [1.165, 1.54) is 4.90 Å². The summed E-state index contributed by atoms with van der Waals surface area (Å²) in [7, 11) is 0. The minimum atomic E-state index is -0.759. The van der Waals surface area contributed by atoms with Gasteiger partial charge >= 0.3 is 0 Å². The molecular weight excluding hydrogens is 492 g/mol. The molecule has 0 saturated carbocycles. The third kappa shape index (κ3) is 4.42. The van der Waals surface area contributed by atoms with Gasteiger partial charge in [-0.05, 0) is 66.9 Å². The second-order valence-electron chi connectivity index (χ2n) is 9.35. The monoisotopic (exact) mass is 518 g/mol. The molecule has 1 aliphatic rings. The number of carbonyl (C=O) groups is 1. The third-order valence-corrected chi connectivity index (χ3v) is 6.75. The molecule has 1 atom stereocenters. The van der Waals surface area contributed by atoms with Crippen molar-refractivity contribution >= 4 is 22.7 Å². The highest BCUT2D eigenvalue weighted by Gasteiger charge is 2.44. The summed E-state index contributed by atoms with van der Waals surface area (Å²) in [6.07, 6.45) is 1.65. The standard InChI is InChI=1S/C32H26N2O5/c1-3-37-26-18-22(13-14-25(26)38-19-21-9-5-4-6-10-21)29-28-30(35)23-11-7-8-12-24(23)39-31(28)32(36)34(29)27-17-20(2)15-16-33-27/h4-18,29H,3,19H2,1-2H3. The Morgan fingerprint density at radius 3 is 2.49 bits per heavy atom. The Morgan fingerprint density at radius 1 is 0.897 bits per heavy atom. The highest BCUT2D eigenvalue weighted by atomic mass is 16.5. The van der Waals surface area contributed by atoms with Gasteiger partial charge in [-0.1, -0.05) is 48.5 Å². The number of hydrogen-bond donors (Lipinski definition) is 0. The molecular formula is C32H26N2O5. The number of aromatic nitrogens is 1. The number of para-hydroxylation sites is 1. The Balaban J connectivity index is 1.50. The molecule has 0 aliphatic carbocycles. The summed E-state index contributed by atoms with van der Waals surface area (Å²) in [5.74, 6) is 1.13. The van der Waals surface area contributed by atoms with Crippen LogP contribution in [0.3, 0.4) is 0 Å². The second kappa shape index (κ2) is 10.1. The number of hydrogen-bond acceptors (Lipinski definition) is 6. The summed E-state index contributed by atoms with van der Waals surface area (Å²) in [6.45, 7) is 4.62. The highest BCUT2D eigenvalue weighted by Crippen LogP contribution is 2.43. The van der Waals surface area contributed by atoms with E-state index in [4.69, 9.17) is 13.9 Å². The van der Waals surface area contributed by atoms with Crippen LogP contribution in [0.25, 0.3) is 11.0 Å². The second-order valence-corrected chi connectivity index (χ2v) is 9.35. The van der Waals surface area contributed by atoms with Crippen molar-refractivity contribution in [3.8, 4) is 11.5 Å².